The van der Waals surface area contributed by atoms with E-state index in [2.05, 4.69) is 17.7 Å². The summed E-state index contributed by atoms with van der Waals surface area (Å²) in [5, 5.41) is 0.765. The Balaban J connectivity index is 1.82. The SMILES string of the molecule is COc1cc2c(cc1OC)[C@H]1[C@@H](C)CO[P@@](=O)(c3ccccc3)N1CC2. The molecule has 1 saturated heterocycles. The van der Waals surface area contributed by atoms with Crippen molar-refractivity contribution in [1.82, 2.24) is 4.67 Å². The first kappa shape index (κ1) is 17.6. The summed E-state index contributed by atoms with van der Waals surface area (Å²) in [6, 6.07) is 13.7. The molecule has 0 spiro atoms. The molecule has 2 aliphatic heterocycles. The second-order valence-corrected chi connectivity index (χ2v) is 9.22. The average Bonchev–Trinajstić information content (AvgIpc) is 2.69. The van der Waals surface area contributed by atoms with Crippen LogP contribution >= 0.6 is 7.52 Å². The Kier molecular flexibility index (Phi) is 4.55. The number of fused-ring (bicyclic) bond motifs is 3. The molecular formula is C20H24NO4P. The van der Waals surface area contributed by atoms with E-state index in [4.69, 9.17) is 14.0 Å². The van der Waals surface area contributed by atoms with Crippen LogP contribution < -0.4 is 14.8 Å². The topological polar surface area (TPSA) is 48.0 Å². The molecule has 2 aromatic carbocycles. The molecule has 4 rings (SSSR count). The Labute approximate surface area is 154 Å². The van der Waals surface area contributed by atoms with Gasteiger partial charge in [-0.2, -0.15) is 0 Å². The smallest absolute Gasteiger partial charge is 0.302 e. The van der Waals surface area contributed by atoms with Crippen LogP contribution in [0.25, 0.3) is 0 Å². The Morgan fingerprint density at radius 3 is 2.50 bits per heavy atom. The third kappa shape index (κ3) is 2.66. The zero-order valence-electron chi connectivity index (χ0n) is 15.3. The number of rotatable bonds is 3. The first-order valence-electron chi connectivity index (χ1n) is 8.90. The maximum absolute atomic E-state index is 13.9. The van der Waals surface area contributed by atoms with E-state index < -0.39 is 7.52 Å². The van der Waals surface area contributed by atoms with E-state index in [1.807, 2.05) is 36.4 Å². The van der Waals surface area contributed by atoms with E-state index in [-0.39, 0.29) is 12.0 Å². The van der Waals surface area contributed by atoms with E-state index in [1.165, 1.54) is 11.1 Å². The van der Waals surface area contributed by atoms with Crippen LogP contribution in [0.2, 0.25) is 0 Å². The normalized spacial score (nSPS) is 28.1. The van der Waals surface area contributed by atoms with Crippen molar-refractivity contribution in [2.45, 2.75) is 19.4 Å². The Morgan fingerprint density at radius 1 is 1.12 bits per heavy atom. The van der Waals surface area contributed by atoms with Crippen LogP contribution in [0.4, 0.5) is 0 Å². The lowest BCUT2D eigenvalue weighted by molar-refractivity contribution is 0.103. The summed E-state index contributed by atoms with van der Waals surface area (Å²) in [5.74, 6) is 1.69. The number of nitrogens with zero attached hydrogens (tertiary/aromatic N) is 1. The summed E-state index contributed by atoms with van der Waals surface area (Å²) in [7, 11) is 0.227. The van der Waals surface area contributed by atoms with E-state index in [1.54, 1.807) is 14.2 Å². The Morgan fingerprint density at radius 2 is 1.81 bits per heavy atom. The van der Waals surface area contributed by atoms with E-state index >= 15 is 0 Å². The molecule has 0 amide bonds. The van der Waals surface area contributed by atoms with E-state index in [0.29, 0.717) is 18.9 Å². The fourth-order valence-electron chi connectivity index (χ4n) is 4.08. The van der Waals surface area contributed by atoms with Crippen LogP contribution in [-0.4, -0.2) is 32.0 Å². The molecule has 2 heterocycles. The van der Waals surface area contributed by atoms with Crippen LogP contribution in [0.5, 0.6) is 11.5 Å². The molecular weight excluding hydrogens is 349 g/mol. The second kappa shape index (κ2) is 6.73. The largest absolute Gasteiger partial charge is 0.493 e. The van der Waals surface area contributed by atoms with Gasteiger partial charge in [-0.25, -0.2) is 4.67 Å². The predicted molar refractivity (Wildman–Crippen MR) is 101 cm³/mol. The van der Waals surface area contributed by atoms with Gasteiger partial charge in [-0.15, -0.1) is 0 Å². The number of ether oxygens (including phenoxy) is 2. The molecule has 2 aromatic rings. The van der Waals surface area contributed by atoms with Gasteiger partial charge in [0.2, 0.25) is 0 Å². The minimum atomic E-state index is -3.07. The van der Waals surface area contributed by atoms with Crippen molar-refractivity contribution in [3.8, 4) is 11.5 Å². The van der Waals surface area contributed by atoms with Gasteiger partial charge in [-0.1, -0.05) is 25.1 Å². The van der Waals surface area contributed by atoms with Gasteiger partial charge in [-0.3, -0.25) is 4.57 Å². The van der Waals surface area contributed by atoms with Gasteiger partial charge in [0.05, 0.1) is 26.1 Å². The second-order valence-electron chi connectivity index (χ2n) is 6.89. The third-order valence-corrected chi connectivity index (χ3v) is 7.94. The molecule has 0 bridgehead atoms. The van der Waals surface area contributed by atoms with Gasteiger partial charge in [0.1, 0.15) is 0 Å². The number of methoxy groups -OCH3 is 2. The summed E-state index contributed by atoms with van der Waals surface area (Å²) in [5.41, 5.74) is 2.40. The fraction of sp³-hybridized carbons (Fsp3) is 0.400. The quantitative estimate of drug-likeness (QED) is 0.766. The van der Waals surface area contributed by atoms with Crippen LogP contribution in [-0.2, 0) is 15.5 Å². The van der Waals surface area contributed by atoms with Gasteiger partial charge < -0.3 is 14.0 Å². The molecule has 2 aliphatic rings. The highest BCUT2D eigenvalue weighted by Crippen LogP contribution is 2.61. The molecule has 0 radical (unpaired) electrons. The monoisotopic (exact) mass is 373 g/mol. The summed E-state index contributed by atoms with van der Waals surface area (Å²) >= 11 is 0. The van der Waals surface area contributed by atoms with Gasteiger partial charge >= 0.3 is 7.52 Å². The summed E-state index contributed by atoms with van der Waals surface area (Å²) in [6.07, 6.45) is 0.805. The maximum atomic E-state index is 13.9. The summed E-state index contributed by atoms with van der Waals surface area (Å²) < 4.78 is 32.9. The van der Waals surface area contributed by atoms with Crippen molar-refractivity contribution >= 4 is 12.8 Å². The Hall–Kier alpha value is -1.81. The zero-order chi connectivity index (χ0) is 18.3. The predicted octanol–water partition coefficient (Wildman–Crippen LogP) is 3.79. The van der Waals surface area contributed by atoms with E-state index in [9.17, 15) is 4.57 Å². The lowest BCUT2D eigenvalue weighted by Crippen LogP contribution is -2.44. The first-order chi connectivity index (χ1) is 12.6. The van der Waals surface area contributed by atoms with Gasteiger partial charge in [0.15, 0.2) is 11.5 Å². The average molecular weight is 373 g/mol. The number of hydrogen-bond acceptors (Lipinski definition) is 4. The lowest BCUT2D eigenvalue weighted by Gasteiger charge is -2.47. The maximum Gasteiger partial charge on any atom is 0.302 e. The first-order valence-corrected chi connectivity index (χ1v) is 10.5. The van der Waals surface area contributed by atoms with Crippen LogP contribution in [0, 0.1) is 5.92 Å². The van der Waals surface area contributed by atoms with Gasteiger partial charge in [0, 0.05) is 18.5 Å². The van der Waals surface area contributed by atoms with Crippen molar-refractivity contribution in [3.63, 3.8) is 0 Å². The molecule has 6 heteroatoms. The van der Waals surface area contributed by atoms with Crippen molar-refractivity contribution in [2.24, 2.45) is 5.92 Å². The summed E-state index contributed by atoms with van der Waals surface area (Å²) in [6.45, 7) is 3.32. The van der Waals surface area contributed by atoms with Crippen molar-refractivity contribution in [3.05, 3.63) is 53.6 Å². The molecule has 0 saturated carbocycles. The van der Waals surface area contributed by atoms with E-state index in [0.717, 1.165) is 17.5 Å². The fourth-order valence-corrected chi connectivity index (χ4v) is 6.71. The molecule has 26 heavy (non-hydrogen) atoms. The Bertz CT molecular complexity index is 854. The molecule has 3 atom stereocenters. The van der Waals surface area contributed by atoms with Gasteiger partial charge in [0.25, 0.3) is 0 Å². The van der Waals surface area contributed by atoms with Crippen LogP contribution in [0.3, 0.4) is 0 Å². The van der Waals surface area contributed by atoms with Crippen molar-refractivity contribution in [2.75, 3.05) is 27.4 Å². The molecule has 0 unspecified atom stereocenters. The number of hydrogen-bond donors (Lipinski definition) is 0. The molecule has 5 nitrogen and oxygen atoms in total. The van der Waals surface area contributed by atoms with Crippen LogP contribution in [0.15, 0.2) is 42.5 Å². The van der Waals surface area contributed by atoms with Crippen LogP contribution in [0.1, 0.15) is 24.1 Å². The third-order valence-electron chi connectivity index (χ3n) is 5.37. The highest BCUT2D eigenvalue weighted by molar-refractivity contribution is 7.64. The van der Waals surface area contributed by atoms with Crippen molar-refractivity contribution < 1.29 is 18.6 Å². The molecule has 1 fully saturated rings. The van der Waals surface area contributed by atoms with Crippen molar-refractivity contribution in [1.29, 1.82) is 0 Å². The molecule has 138 valence electrons. The number of benzene rings is 2. The molecule has 0 N–H and O–H groups in total. The minimum Gasteiger partial charge on any atom is -0.493 e. The highest BCUT2D eigenvalue weighted by Gasteiger charge is 2.48. The van der Waals surface area contributed by atoms with Gasteiger partial charge in [-0.05, 0) is 41.8 Å². The minimum absolute atomic E-state index is 0.0401. The lowest BCUT2D eigenvalue weighted by atomic mass is 9.87. The standard InChI is InChI=1S/C20H24NO4P/c1-14-13-25-26(22,16-7-5-4-6-8-16)21-10-9-15-11-18(23-2)19(24-3)12-17(15)20(14)21/h4-8,11-12,14,20H,9-10,13H2,1-3H3/t14-,20+,26-/m0/s1. The summed E-state index contributed by atoms with van der Waals surface area (Å²) in [4.78, 5) is 0. The molecule has 0 aromatic heterocycles. The zero-order valence-corrected chi connectivity index (χ0v) is 16.2. The highest BCUT2D eigenvalue weighted by atomic mass is 31.2. The molecule has 0 aliphatic carbocycles.